The average Bonchev–Trinajstić information content (AvgIpc) is 2.59. The van der Waals surface area contributed by atoms with Gasteiger partial charge in [0.05, 0.1) is 0 Å². The van der Waals surface area contributed by atoms with Crippen molar-refractivity contribution in [3.05, 3.63) is 34.9 Å². The van der Waals surface area contributed by atoms with E-state index < -0.39 is 0 Å². The second-order valence-corrected chi connectivity index (χ2v) is 5.14. The number of allylic oxidation sites excluding steroid dienone is 6. The second-order valence-electron chi connectivity index (χ2n) is 5.14. The zero-order valence-corrected chi connectivity index (χ0v) is 9.84. The van der Waals surface area contributed by atoms with Crippen molar-refractivity contribution in [2.45, 2.75) is 46.0 Å². The van der Waals surface area contributed by atoms with Gasteiger partial charge in [0.1, 0.15) is 0 Å². The Balaban J connectivity index is 2.10. The zero-order chi connectivity index (χ0) is 10.5. The van der Waals surface area contributed by atoms with Crippen LogP contribution in [0.3, 0.4) is 0 Å². The molecular weight excluding hydrogens is 180 g/mol. The van der Waals surface area contributed by atoms with Gasteiger partial charge < -0.3 is 0 Å². The minimum absolute atomic E-state index is 0.451. The monoisotopic (exact) mass is 200 g/mol. The van der Waals surface area contributed by atoms with E-state index in [0.29, 0.717) is 5.41 Å². The van der Waals surface area contributed by atoms with Crippen molar-refractivity contribution in [3.8, 4) is 0 Å². The Morgan fingerprint density at radius 3 is 2.80 bits per heavy atom. The van der Waals surface area contributed by atoms with Gasteiger partial charge in [0.25, 0.3) is 0 Å². The van der Waals surface area contributed by atoms with Crippen LogP contribution in [-0.4, -0.2) is 0 Å². The normalized spacial score (nSPS) is 37.2. The molecule has 0 fully saturated rings. The molecule has 0 saturated carbocycles. The molecule has 0 aromatic heterocycles. The van der Waals surface area contributed by atoms with Gasteiger partial charge in [0, 0.05) is 5.41 Å². The van der Waals surface area contributed by atoms with Crippen LogP contribution in [0.15, 0.2) is 34.9 Å². The van der Waals surface area contributed by atoms with Crippen LogP contribution in [0.25, 0.3) is 0 Å². The minimum Gasteiger partial charge on any atom is -0.0870 e. The van der Waals surface area contributed by atoms with Gasteiger partial charge in [-0.15, -0.1) is 0 Å². The molecule has 3 aliphatic carbocycles. The van der Waals surface area contributed by atoms with Crippen molar-refractivity contribution < 1.29 is 0 Å². The fourth-order valence-electron chi connectivity index (χ4n) is 3.81. The summed E-state index contributed by atoms with van der Waals surface area (Å²) in [5, 5.41) is 0. The highest BCUT2D eigenvalue weighted by molar-refractivity contribution is 5.52. The van der Waals surface area contributed by atoms with Crippen LogP contribution < -0.4 is 0 Å². The van der Waals surface area contributed by atoms with E-state index in [0.717, 1.165) is 5.92 Å². The molecule has 2 unspecified atom stereocenters. The lowest BCUT2D eigenvalue weighted by Gasteiger charge is -2.46. The summed E-state index contributed by atoms with van der Waals surface area (Å²) in [4.78, 5) is 0. The molecule has 80 valence electrons. The highest BCUT2D eigenvalue weighted by Gasteiger charge is 2.46. The Morgan fingerprint density at radius 1 is 1.33 bits per heavy atom. The predicted molar refractivity (Wildman–Crippen MR) is 64.6 cm³/mol. The van der Waals surface area contributed by atoms with Crippen molar-refractivity contribution in [1.82, 2.24) is 0 Å². The second kappa shape index (κ2) is 3.10. The molecule has 0 nitrogen and oxygen atoms in total. The lowest BCUT2D eigenvalue weighted by Crippen LogP contribution is -2.34. The maximum absolute atomic E-state index is 2.58. The minimum atomic E-state index is 0.451. The van der Waals surface area contributed by atoms with Gasteiger partial charge in [-0.05, 0) is 49.2 Å². The van der Waals surface area contributed by atoms with Gasteiger partial charge in [0.15, 0.2) is 0 Å². The summed E-state index contributed by atoms with van der Waals surface area (Å²) in [6, 6.07) is 0. The zero-order valence-electron chi connectivity index (χ0n) is 9.84. The molecule has 0 aromatic carbocycles. The first kappa shape index (κ1) is 9.45. The first-order valence-corrected chi connectivity index (χ1v) is 6.43. The molecule has 15 heavy (non-hydrogen) atoms. The summed E-state index contributed by atoms with van der Waals surface area (Å²) >= 11 is 0. The Labute approximate surface area is 92.8 Å². The van der Waals surface area contributed by atoms with E-state index >= 15 is 0 Å². The van der Waals surface area contributed by atoms with E-state index in [1.165, 1.54) is 32.1 Å². The molecule has 0 amide bonds. The van der Waals surface area contributed by atoms with Gasteiger partial charge in [0.2, 0.25) is 0 Å². The van der Waals surface area contributed by atoms with Crippen molar-refractivity contribution in [3.63, 3.8) is 0 Å². The molecule has 0 N–H and O–H groups in total. The number of hydrogen-bond acceptors (Lipinski definition) is 0. The SMILES string of the molecule is CCC1=CC2CC=CC2(CC)C2=C1CC2. The summed E-state index contributed by atoms with van der Waals surface area (Å²) in [7, 11) is 0. The van der Waals surface area contributed by atoms with Crippen LogP contribution in [0, 0.1) is 11.3 Å². The molecule has 0 radical (unpaired) electrons. The molecule has 0 spiro atoms. The fourth-order valence-corrected chi connectivity index (χ4v) is 3.81. The Morgan fingerprint density at radius 2 is 2.20 bits per heavy atom. The van der Waals surface area contributed by atoms with Crippen LogP contribution in [0.1, 0.15) is 46.0 Å². The van der Waals surface area contributed by atoms with E-state index in [1.807, 2.05) is 0 Å². The number of rotatable bonds is 2. The lowest BCUT2D eigenvalue weighted by atomic mass is 9.58. The predicted octanol–water partition coefficient (Wildman–Crippen LogP) is 4.40. The quantitative estimate of drug-likeness (QED) is 0.580. The molecule has 0 heterocycles. The molecule has 0 saturated heterocycles. The summed E-state index contributed by atoms with van der Waals surface area (Å²) in [6.45, 7) is 4.66. The van der Waals surface area contributed by atoms with Gasteiger partial charge in [-0.2, -0.15) is 0 Å². The molecule has 0 aliphatic heterocycles. The van der Waals surface area contributed by atoms with E-state index in [4.69, 9.17) is 0 Å². The van der Waals surface area contributed by atoms with E-state index in [2.05, 4.69) is 32.1 Å². The van der Waals surface area contributed by atoms with Crippen LogP contribution >= 0.6 is 0 Å². The summed E-state index contributed by atoms with van der Waals surface area (Å²) < 4.78 is 0. The highest BCUT2D eigenvalue weighted by atomic mass is 14.5. The van der Waals surface area contributed by atoms with Gasteiger partial charge in [-0.25, -0.2) is 0 Å². The number of fused-ring (bicyclic) bond motifs is 2. The first-order chi connectivity index (χ1) is 7.31. The Bertz CT molecular complexity index is 381. The summed E-state index contributed by atoms with van der Waals surface area (Å²) in [6.07, 6.45) is 14.0. The average molecular weight is 200 g/mol. The number of hydrogen-bond donors (Lipinski definition) is 0. The van der Waals surface area contributed by atoms with Crippen molar-refractivity contribution in [2.24, 2.45) is 11.3 Å². The maximum Gasteiger partial charge on any atom is 0.0160 e. The van der Waals surface area contributed by atoms with Gasteiger partial charge >= 0.3 is 0 Å². The third kappa shape index (κ3) is 1.03. The van der Waals surface area contributed by atoms with E-state index in [1.54, 1.807) is 16.7 Å². The molecule has 3 aliphatic rings. The third-order valence-corrected chi connectivity index (χ3v) is 4.77. The molecule has 3 rings (SSSR count). The van der Waals surface area contributed by atoms with Crippen molar-refractivity contribution in [2.75, 3.05) is 0 Å². The van der Waals surface area contributed by atoms with Crippen molar-refractivity contribution >= 4 is 0 Å². The van der Waals surface area contributed by atoms with Crippen LogP contribution in [0.4, 0.5) is 0 Å². The Kier molecular flexibility index (Phi) is 1.95. The molecule has 2 atom stereocenters. The summed E-state index contributed by atoms with van der Waals surface area (Å²) in [5.41, 5.74) is 5.63. The fraction of sp³-hybridized carbons (Fsp3) is 0.600. The molecule has 0 heteroatoms. The highest BCUT2D eigenvalue weighted by Crippen LogP contribution is 2.58. The lowest BCUT2D eigenvalue weighted by molar-refractivity contribution is 0.310. The van der Waals surface area contributed by atoms with Crippen LogP contribution in [-0.2, 0) is 0 Å². The van der Waals surface area contributed by atoms with E-state index in [-0.39, 0.29) is 0 Å². The first-order valence-electron chi connectivity index (χ1n) is 6.43. The van der Waals surface area contributed by atoms with Crippen molar-refractivity contribution in [1.29, 1.82) is 0 Å². The molecule has 0 bridgehead atoms. The van der Waals surface area contributed by atoms with Crippen LogP contribution in [0.2, 0.25) is 0 Å². The molecular formula is C15H20. The van der Waals surface area contributed by atoms with E-state index in [9.17, 15) is 0 Å². The van der Waals surface area contributed by atoms with Crippen LogP contribution in [0.5, 0.6) is 0 Å². The Hall–Kier alpha value is -0.780. The van der Waals surface area contributed by atoms with Gasteiger partial charge in [-0.3, -0.25) is 0 Å². The summed E-state index contributed by atoms with van der Waals surface area (Å²) in [5.74, 6) is 0.788. The topological polar surface area (TPSA) is 0 Å². The van der Waals surface area contributed by atoms with Gasteiger partial charge in [-0.1, -0.05) is 37.6 Å². The smallest absolute Gasteiger partial charge is 0.0160 e. The standard InChI is InChI=1S/C15H20/c1-3-11-10-12-6-5-9-15(12,4-2)14-8-7-13(11)14/h5,9-10,12H,3-4,6-8H2,1-2H3. The maximum atomic E-state index is 2.58. The molecule has 0 aromatic rings. The largest absolute Gasteiger partial charge is 0.0870 e. The third-order valence-electron chi connectivity index (χ3n) is 4.77.